The van der Waals surface area contributed by atoms with Gasteiger partial charge in [-0.3, -0.25) is 4.79 Å². The minimum absolute atomic E-state index is 0. The van der Waals surface area contributed by atoms with Gasteiger partial charge >= 0.3 is 11.9 Å². The molecule has 5 nitrogen and oxygen atoms in total. The number of carboxylic acid groups (broad SMARTS) is 1. The van der Waals surface area contributed by atoms with Crippen LogP contribution in [0.15, 0.2) is 11.6 Å². The van der Waals surface area contributed by atoms with Crippen LogP contribution >= 0.6 is 0 Å². The van der Waals surface area contributed by atoms with Crippen LogP contribution in [-0.2, 0) is 14.3 Å². The lowest BCUT2D eigenvalue weighted by molar-refractivity contribution is -0.165. The van der Waals surface area contributed by atoms with Gasteiger partial charge in [0.15, 0.2) is 5.60 Å². The molecule has 0 aromatic carbocycles. The Labute approximate surface area is 95.7 Å². The van der Waals surface area contributed by atoms with Crippen molar-refractivity contribution < 1.29 is 24.5 Å². The van der Waals surface area contributed by atoms with E-state index in [9.17, 15) is 14.7 Å². The summed E-state index contributed by atoms with van der Waals surface area (Å²) in [5, 5.41) is 18.5. The Morgan fingerprint density at radius 2 is 1.88 bits per heavy atom. The van der Waals surface area contributed by atoms with Crippen molar-refractivity contribution >= 4 is 11.9 Å². The fourth-order valence-corrected chi connectivity index (χ4v) is 0.919. The zero-order valence-electron chi connectivity index (χ0n) is 9.11. The molecule has 0 bridgehead atoms. The molecule has 0 aliphatic heterocycles. The minimum Gasteiger partial charge on any atom is -0.479 e. The number of carbonyl (C=O) groups is 2. The molecule has 2 N–H and O–H groups in total. The smallest absolute Gasteiger partial charge is 0.336 e. The van der Waals surface area contributed by atoms with Crippen molar-refractivity contribution in [1.82, 2.24) is 0 Å². The highest BCUT2D eigenvalue weighted by Crippen LogP contribution is 2.18. The Morgan fingerprint density at radius 1 is 1.38 bits per heavy atom. The molecule has 0 amide bonds. The first-order valence-corrected chi connectivity index (χ1v) is 4.48. The van der Waals surface area contributed by atoms with Crippen LogP contribution in [0.2, 0.25) is 0 Å². The third-order valence-corrected chi connectivity index (χ3v) is 1.91. The van der Waals surface area contributed by atoms with Gasteiger partial charge in [-0.1, -0.05) is 19.1 Å². The van der Waals surface area contributed by atoms with Crippen LogP contribution in [0.1, 0.15) is 34.1 Å². The predicted octanol–water partition coefficient (Wildman–Crippen LogP) is 1.36. The number of rotatable bonds is 5. The number of ether oxygens (including phenoxy) is 1. The number of carboxylic acids is 1. The molecule has 0 fully saturated rings. The summed E-state index contributed by atoms with van der Waals surface area (Å²) < 4.78 is 4.32. The summed E-state index contributed by atoms with van der Waals surface area (Å²) in [6.45, 7) is 3.56. The van der Waals surface area contributed by atoms with Crippen molar-refractivity contribution in [3.63, 3.8) is 0 Å². The molecule has 0 radical (unpaired) electrons. The second-order valence-corrected chi connectivity index (χ2v) is 3.58. The molecule has 94 valence electrons. The number of allylic oxidation sites excluding steroid dienone is 1. The van der Waals surface area contributed by atoms with E-state index in [1.165, 1.54) is 0 Å². The van der Waals surface area contributed by atoms with Gasteiger partial charge in [-0.2, -0.15) is 0 Å². The summed E-state index contributed by atoms with van der Waals surface area (Å²) in [4.78, 5) is 21.7. The second-order valence-electron chi connectivity index (χ2n) is 3.58. The topological polar surface area (TPSA) is 83.8 Å². The second kappa shape index (κ2) is 7.00. The molecule has 1 unspecified atom stereocenters. The maximum atomic E-state index is 10.9. The van der Waals surface area contributed by atoms with Crippen molar-refractivity contribution in [1.29, 1.82) is 0 Å². The van der Waals surface area contributed by atoms with Crippen LogP contribution in [-0.4, -0.2) is 34.9 Å². The Kier molecular flexibility index (Phi) is 7.46. The normalized spacial score (nSPS) is 13.0. The van der Waals surface area contributed by atoms with E-state index in [0.29, 0.717) is 0 Å². The van der Waals surface area contributed by atoms with Crippen molar-refractivity contribution in [3.05, 3.63) is 11.6 Å². The highest BCUT2D eigenvalue weighted by Gasteiger charge is 2.37. The van der Waals surface area contributed by atoms with Crippen molar-refractivity contribution in [2.24, 2.45) is 0 Å². The summed E-state index contributed by atoms with van der Waals surface area (Å²) >= 11 is 0. The third-order valence-electron chi connectivity index (χ3n) is 1.91. The molecule has 0 aromatic heterocycles. The van der Waals surface area contributed by atoms with Gasteiger partial charge in [-0.05, 0) is 13.8 Å². The Bertz CT molecular complexity index is 278. The quantitative estimate of drug-likeness (QED) is 0.552. The lowest BCUT2D eigenvalue weighted by Crippen LogP contribution is -2.40. The molecular formula is C11H20O5. The molecular weight excluding hydrogens is 212 g/mol. The first-order valence-electron chi connectivity index (χ1n) is 4.48. The molecule has 0 spiro atoms. The van der Waals surface area contributed by atoms with Crippen LogP contribution in [0.5, 0.6) is 0 Å². The van der Waals surface area contributed by atoms with E-state index < -0.39 is 24.0 Å². The van der Waals surface area contributed by atoms with E-state index >= 15 is 0 Å². The monoisotopic (exact) mass is 232 g/mol. The van der Waals surface area contributed by atoms with E-state index in [2.05, 4.69) is 4.74 Å². The number of methoxy groups -OCH3 is 1. The molecule has 1 atom stereocenters. The number of hydrogen-bond donors (Lipinski definition) is 2. The fourth-order valence-electron chi connectivity index (χ4n) is 0.919. The standard InChI is InChI=1S/C10H16O5.CH4/c1-7(2)4-5-10(14,9(12)13)6-8(11)15-3;/h4,14H,5-6H2,1-3H3,(H,12,13);1H4. The van der Waals surface area contributed by atoms with E-state index in [4.69, 9.17) is 5.11 Å². The number of esters is 1. The number of aliphatic hydroxyl groups is 1. The maximum absolute atomic E-state index is 10.9. The van der Waals surface area contributed by atoms with Gasteiger partial charge in [0.1, 0.15) is 0 Å². The lowest BCUT2D eigenvalue weighted by Gasteiger charge is -2.20. The average Bonchev–Trinajstić information content (AvgIpc) is 2.14. The highest BCUT2D eigenvalue weighted by atomic mass is 16.5. The zero-order chi connectivity index (χ0) is 12.1. The largest absolute Gasteiger partial charge is 0.479 e. The summed E-state index contributed by atoms with van der Waals surface area (Å²) in [5.74, 6) is -2.17. The third kappa shape index (κ3) is 5.50. The molecule has 0 heterocycles. The SMILES string of the molecule is C.COC(=O)CC(O)(CC=C(C)C)C(=O)O. The first-order chi connectivity index (χ1) is 6.81. The number of aliphatic carboxylic acids is 1. The van der Waals surface area contributed by atoms with Gasteiger partial charge in [0.05, 0.1) is 13.5 Å². The molecule has 5 heteroatoms. The van der Waals surface area contributed by atoms with Gasteiger partial charge in [0.25, 0.3) is 0 Å². The van der Waals surface area contributed by atoms with Crippen LogP contribution < -0.4 is 0 Å². The van der Waals surface area contributed by atoms with Gasteiger partial charge in [0, 0.05) is 6.42 Å². The van der Waals surface area contributed by atoms with Crippen LogP contribution in [0.3, 0.4) is 0 Å². The van der Waals surface area contributed by atoms with Gasteiger partial charge in [0.2, 0.25) is 0 Å². The van der Waals surface area contributed by atoms with Gasteiger partial charge in [-0.15, -0.1) is 0 Å². The summed E-state index contributed by atoms with van der Waals surface area (Å²) in [6, 6.07) is 0. The highest BCUT2D eigenvalue weighted by molar-refractivity contribution is 5.84. The molecule has 0 saturated carbocycles. The molecule has 0 rings (SSSR count). The number of hydrogen-bond acceptors (Lipinski definition) is 4. The van der Waals surface area contributed by atoms with Crippen LogP contribution in [0.4, 0.5) is 0 Å². The van der Waals surface area contributed by atoms with Crippen molar-refractivity contribution in [2.75, 3.05) is 7.11 Å². The van der Waals surface area contributed by atoms with E-state index in [1.54, 1.807) is 19.9 Å². The Balaban J connectivity index is 0. The molecule has 0 aromatic rings. The predicted molar refractivity (Wildman–Crippen MR) is 60.0 cm³/mol. The Morgan fingerprint density at radius 3 is 2.19 bits per heavy atom. The fraction of sp³-hybridized carbons (Fsp3) is 0.636. The van der Waals surface area contributed by atoms with Crippen molar-refractivity contribution in [2.45, 2.75) is 39.7 Å². The van der Waals surface area contributed by atoms with Crippen LogP contribution in [0.25, 0.3) is 0 Å². The summed E-state index contributed by atoms with van der Waals surface area (Å²) in [5.41, 5.74) is -1.20. The van der Waals surface area contributed by atoms with Crippen LogP contribution in [0, 0.1) is 0 Å². The number of carbonyl (C=O) groups excluding carboxylic acids is 1. The maximum Gasteiger partial charge on any atom is 0.336 e. The molecule has 16 heavy (non-hydrogen) atoms. The zero-order valence-corrected chi connectivity index (χ0v) is 9.11. The summed E-state index contributed by atoms with van der Waals surface area (Å²) in [7, 11) is 1.14. The Hall–Kier alpha value is -1.36. The lowest BCUT2D eigenvalue weighted by atomic mass is 9.95. The van der Waals surface area contributed by atoms with Gasteiger partial charge < -0.3 is 14.9 Å². The molecule has 0 aliphatic carbocycles. The summed E-state index contributed by atoms with van der Waals surface area (Å²) in [6.07, 6.45) is 0.902. The minimum atomic E-state index is -2.08. The molecule has 0 saturated heterocycles. The molecule has 0 aliphatic rings. The average molecular weight is 232 g/mol. The first kappa shape index (κ1) is 17.0. The van der Waals surface area contributed by atoms with Gasteiger partial charge in [-0.25, -0.2) is 4.79 Å². The van der Waals surface area contributed by atoms with Crippen molar-refractivity contribution in [3.8, 4) is 0 Å². The van der Waals surface area contributed by atoms with E-state index in [1.807, 2.05) is 0 Å². The van der Waals surface area contributed by atoms with E-state index in [0.717, 1.165) is 12.7 Å². The van der Waals surface area contributed by atoms with E-state index in [-0.39, 0.29) is 13.8 Å².